The molecular weight excluding hydrogens is 246 g/mol. The Morgan fingerprint density at radius 1 is 0.850 bits per heavy atom. The predicted molar refractivity (Wildman–Crippen MR) is 84.3 cm³/mol. The average molecular weight is 261 g/mol. The van der Waals surface area contributed by atoms with Crippen LogP contribution in [-0.4, -0.2) is 11.2 Å². The zero-order valence-electron chi connectivity index (χ0n) is 11.0. The molecule has 98 valence electrons. The lowest BCUT2D eigenvalue weighted by molar-refractivity contribution is 1.37. The molecule has 1 heterocycles. The van der Waals surface area contributed by atoms with E-state index in [1.54, 1.807) is 6.21 Å². The number of aliphatic imine (C=N–C) groups is 1. The van der Waals surface area contributed by atoms with E-state index >= 15 is 0 Å². The number of rotatable bonds is 3. The summed E-state index contributed by atoms with van der Waals surface area (Å²) >= 11 is 0. The molecule has 1 aromatic heterocycles. The highest BCUT2D eigenvalue weighted by Crippen LogP contribution is 2.21. The number of aromatic nitrogens is 1. The maximum atomic E-state index is 5.86. The van der Waals surface area contributed by atoms with Gasteiger partial charge < -0.3 is 10.7 Å². The van der Waals surface area contributed by atoms with Crippen molar-refractivity contribution in [3.63, 3.8) is 0 Å². The van der Waals surface area contributed by atoms with E-state index in [-0.39, 0.29) is 0 Å². The van der Waals surface area contributed by atoms with Crippen LogP contribution in [0.1, 0.15) is 5.69 Å². The van der Waals surface area contributed by atoms with Gasteiger partial charge in [0.2, 0.25) is 0 Å². The molecule has 3 N–H and O–H groups in total. The minimum Gasteiger partial charge on any atom is -0.397 e. The van der Waals surface area contributed by atoms with Crippen LogP contribution in [0.5, 0.6) is 0 Å². The van der Waals surface area contributed by atoms with Crippen LogP contribution in [0.4, 0.5) is 11.4 Å². The summed E-state index contributed by atoms with van der Waals surface area (Å²) in [7, 11) is 0. The van der Waals surface area contributed by atoms with Crippen molar-refractivity contribution in [2.75, 3.05) is 5.73 Å². The van der Waals surface area contributed by atoms with Crippen LogP contribution in [0.3, 0.4) is 0 Å². The molecular formula is C17H15N3. The van der Waals surface area contributed by atoms with Crippen molar-refractivity contribution in [1.82, 2.24) is 4.98 Å². The third kappa shape index (κ3) is 2.62. The number of nitrogens with two attached hydrogens (primary N) is 1. The Morgan fingerprint density at radius 3 is 2.40 bits per heavy atom. The average Bonchev–Trinajstić information content (AvgIpc) is 2.96. The lowest BCUT2D eigenvalue weighted by Crippen LogP contribution is -1.85. The van der Waals surface area contributed by atoms with E-state index in [1.807, 2.05) is 54.6 Å². The molecule has 0 spiro atoms. The lowest BCUT2D eigenvalue weighted by Gasteiger charge is -1.98. The van der Waals surface area contributed by atoms with E-state index in [1.165, 1.54) is 0 Å². The molecule has 3 rings (SSSR count). The number of aromatic amines is 1. The number of nitrogens with zero attached hydrogens (tertiary/aromatic N) is 1. The summed E-state index contributed by atoms with van der Waals surface area (Å²) in [5, 5.41) is 0. The van der Waals surface area contributed by atoms with Gasteiger partial charge in [-0.1, -0.05) is 42.5 Å². The van der Waals surface area contributed by atoms with Gasteiger partial charge in [-0.05, 0) is 29.8 Å². The van der Waals surface area contributed by atoms with Crippen LogP contribution >= 0.6 is 0 Å². The standard InChI is InChI=1S/C17H15N3/c18-15-8-4-5-9-17(15)19-12-14-10-11-16(20-14)13-6-2-1-3-7-13/h1-12,20H,18H2. The van der Waals surface area contributed by atoms with Gasteiger partial charge in [-0.2, -0.15) is 0 Å². The van der Waals surface area contributed by atoms with Crippen LogP contribution in [-0.2, 0) is 0 Å². The maximum Gasteiger partial charge on any atom is 0.0859 e. The first-order valence-electron chi connectivity index (χ1n) is 6.46. The summed E-state index contributed by atoms with van der Waals surface area (Å²) in [6.07, 6.45) is 1.79. The van der Waals surface area contributed by atoms with Crippen molar-refractivity contribution in [3.8, 4) is 11.3 Å². The van der Waals surface area contributed by atoms with Crippen molar-refractivity contribution in [2.45, 2.75) is 0 Å². The molecule has 0 aliphatic heterocycles. The Labute approximate surface area is 117 Å². The first-order chi connectivity index (χ1) is 9.83. The Morgan fingerprint density at radius 2 is 1.60 bits per heavy atom. The van der Waals surface area contributed by atoms with E-state index in [2.05, 4.69) is 22.1 Å². The number of benzene rings is 2. The minimum atomic E-state index is 0.679. The molecule has 0 unspecified atom stereocenters. The topological polar surface area (TPSA) is 54.2 Å². The molecule has 0 radical (unpaired) electrons. The van der Waals surface area contributed by atoms with Crippen LogP contribution in [0.25, 0.3) is 11.3 Å². The van der Waals surface area contributed by atoms with E-state index in [9.17, 15) is 0 Å². The highest BCUT2D eigenvalue weighted by molar-refractivity contribution is 5.83. The Bertz CT molecular complexity index is 727. The van der Waals surface area contributed by atoms with Crippen LogP contribution in [0, 0.1) is 0 Å². The maximum absolute atomic E-state index is 5.86. The molecule has 0 aliphatic rings. The molecule has 0 atom stereocenters. The number of hydrogen-bond donors (Lipinski definition) is 2. The largest absolute Gasteiger partial charge is 0.397 e. The van der Waals surface area contributed by atoms with Gasteiger partial charge in [-0.25, -0.2) is 0 Å². The van der Waals surface area contributed by atoms with Crippen LogP contribution in [0.2, 0.25) is 0 Å². The zero-order chi connectivity index (χ0) is 13.8. The molecule has 3 heteroatoms. The van der Waals surface area contributed by atoms with Gasteiger partial charge >= 0.3 is 0 Å². The summed E-state index contributed by atoms with van der Waals surface area (Å²) in [6.45, 7) is 0. The second-order valence-corrected chi connectivity index (χ2v) is 4.51. The fraction of sp³-hybridized carbons (Fsp3) is 0. The molecule has 3 nitrogen and oxygen atoms in total. The van der Waals surface area contributed by atoms with E-state index in [0.717, 1.165) is 22.6 Å². The number of para-hydroxylation sites is 2. The van der Waals surface area contributed by atoms with Crippen molar-refractivity contribution >= 4 is 17.6 Å². The van der Waals surface area contributed by atoms with Gasteiger partial charge in [0.1, 0.15) is 0 Å². The van der Waals surface area contributed by atoms with Gasteiger partial charge in [0, 0.05) is 5.69 Å². The molecule has 20 heavy (non-hydrogen) atoms. The van der Waals surface area contributed by atoms with Crippen molar-refractivity contribution in [2.24, 2.45) is 4.99 Å². The Hall–Kier alpha value is -2.81. The van der Waals surface area contributed by atoms with Crippen LogP contribution in [0.15, 0.2) is 71.7 Å². The summed E-state index contributed by atoms with van der Waals surface area (Å²) in [4.78, 5) is 7.73. The smallest absolute Gasteiger partial charge is 0.0859 e. The van der Waals surface area contributed by atoms with Gasteiger partial charge in [0.25, 0.3) is 0 Å². The Balaban J connectivity index is 1.83. The summed E-state index contributed by atoms with van der Waals surface area (Å²) in [5.74, 6) is 0. The molecule has 0 saturated heterocycles. The number of anilines is 1. The fourth-order valence-corrected chi connectivity index (χ4v) is 2.02. The third-order valence-electron chi connectivity index (χ3n) is 3.07. The van der Waals surface area contributed by atoms with Crippen molar-refractivity contribution < 1.29 is 0 Å². The quantitative estimate of drug-likeness (QED) is 0.543. The molecule has 0 saturated carbocycles. The number of nitrogen functional groups attached to an aromatic ring is 1. The molecule has 2 aromatic carbocycles. The van der Waals surface area contributed by atoms with Gasteiger partial charge in [-0.15, -0.1) is 0 Å². The lowest BCUT2D eigenvalue weighted by atomic mass is 10.2. The summed E-state index contributed by atoms with van der Waals surface area (Å²) in [6, 6.07) is 21.8. The zero-order valence-corrected chi connectivity index (χ0v) is 11.0. The highest BCUT2D eigenvalue weighted by atomic mass is 14.8. The van der Waals surface area contributed by atoms with Gasteiger partial charge in [0.15, 0.2) is 0 Å². The second kappa shape index (κ2) is 5.45. The predicted octanol–water partition coefficient (Wildman–Crippen LogP) is 4.01. The number of H-pyrrole nitrogens is 1. The number of hydrogen-bond acceptors (Lipinski definition) is 2. The molecule has 0 fully saturated rings. The minimum absolute atomic E-state index is 0.679. The number of nitrogens with one attached hydrogen (secondary N) is 1. The highest BCUT2D eigenvalue weighted by Gasteiger charge is 1.99. The monoisotopic (exact) mass is 261 g/mol. The Kier molecular flexibility index (Phi) is 3.33. The molecule has 0 bridgehead atoms. The summed E-state index contributed by atoms with van der Waals surface area (Å²) in [5.41, 5.74) is 10.5. The van der Waals surface area contributed by atoms with Crippen molar-refractivity contribution in [3.05, 3.63) is 72.4 Å². The fourth-order valence-electron chi connectivity index (χ4n) is 2.02. The van der Waals surface area contributed by atoms with Crippen LogP contribution < -0.4 is 5.73 Å². The molecule has 0 aliphatic carbocycles. The van der Waals surface area contributed by atoms with E-state index < -0.39 is 0 Å². The summed E-state index contributed by atoms with van der Waals surface area (Å²) < 4.78 is 0. The molecule has 0 amide bonds. The third-order valence-corrected chi connectivity index (χ3v) is 3.07. The van der Waals surface area contributed by atoms with E-state index in [4.69, 9.17) is 5.73 Å². The van der Waals surface area contributed by atoms with Gasteiger partial charge in [-0.3, -0.25) is 4.99 Å². The first kappa shape index (κ1) is 12.2. The van der Waals surface area contributed by atoms with E-state index in [0.29, 0.717) is 5.69 Å². The van der Waals surface area contributed by atoms with Gasteiger partial charge in [0.05, 0.1) is 23.3 Å². The SMILES string of the molecule is Nc1ccccc1N=Cc1ccc(-c2ccccc2)[nH]1. The second-order valence-electron chi connectivity index (χ2n) is 4.51. The molecule has 3 aromatic rings. The first-order valence-corrected chi connectivity index (χ1v) is 6.46. The normalized spacial score (nSPS) is 11.0. The van der Waals surface area contributed by atoms with Crippen molar-refractivity contribution in [1.29, 1.82) is 0 Å².